The van der Waals surface area contributed by atoms with Gasteiger partial charge in [0.1, 0.15) is 6.04 Å². The molecule has 5 nitrogen and oxygen atoms in total. The molecular weight excluding hydrogens is 282 g/mol. The molecule has 0 radical (unpaired) electrons. The van der Waals surface area contributed by atoms with Crippen LogP contribution in [0.25, 0.3) is 0 Å². The molecular formula is C17H23NO4. The fraction of sp³-hybridized carbons (Fsp3) is 0.471. The molecule has 1 amide bonds. The quantitative estimate of drug-likeness (QED) is 0.723. The maximum atomic E-state index is 12.0. The number of benzene rings is 1. The highest BCUT2D eigenvalue weighted by Crippen LogP contribution is 2.09. The first-order chi connectivity index (χ1) is 10.3. The summed E-state index contributed by atoms with van der Waals surface area (Å²) in [6.45, 7) is 5.48. The maximum Gasteiger partial charge on any atom is 0.326 e. The summed E-state index contributed by atoms with van der Waals surface area (Å²) >= 11 is 0. The van der Waals surface area contributed by atoms with Gasteiger partial charge in [-0.25, -0.2) is 4.79 Å². The van der Waals surface area contributed by atoms with E-state index in [2.05, 4.69) is 5.32 Å². The van der Waals surface area contributed by atoms with Gasteiger partial charge in [0.15, 0.2) is 5.78 Å². The lowest BCUT2D eigenvalue weighted by atomic mass is 10.0. The molecule has 120 valence electrons. The lowest BCUT2D eigenvalue weighted by Crippen LogP contribution is -2.44. The van der Waals surface area contributed by atoms with Crippen molar-refractivity contribution in [3.8, 4) is 0 Å². The minimum absolute atomic E-state index is 0.00906. The molecule has 1 rings (SSSR count). The largest absolute Gasteiger partial charge is 0.480 e. The molecule has 22 heavy (non-hydrogen) atoms. The van der Waals surface area contributed by atoms with Crippen LogP contribution < -0.4 is 5.32 Å². The fourth-order valence-corrected chi connectivity index (χ4v) is 2.06. The lowest BCUT2D eigenvalue weighted by molar-refractivity contribution is -0.143. The molecule has 5 heteroatoms. The van der Waals surface area contributed by atoms with Crippen molar-refractivity contribution < 1.29 is 19.5 Å². The van der Waals surface area contributed by atoms with Gasteiger partial charge in [0.05, 0.1) is 0 Å². The minimum Gasteiger partial charge on any atom is -0.480 e. The molecule has 0 aliphatic heterocycles. The fourth-order valence-electron chi connectivity index (χ4n) is 2.06. The molecule has 1 atom stereocenters. The maximum absolute atomic E-state index is 12.0. The van der Waals surface area contributed by atoms with Gasteiger partial charge in [-0.05, 0) is 17.9 Å². The third-order valence-corrected chi connectivity index (χ3v) is 3.51. The number of ketones is 1. The monoisotopic (exact) mass is 305 g/mol. The summed E-state index contributed by atoms with van der Waals surface area (Å²) in [5.41, 5.74) is 1.72. The molecule has 0 heterocycles. The lowest BCUT2D eigenvalue weighted by Gasteiger charge is -2.17. The predicted molar refractivity (Wildman–Crippen MR) is 83.8 cm³/mol. The average molecular weight is 305 g/mol. The second-order valence-electron chi connectivity index (χ2n) is 5.60. The Labute approximate surface area is 130 Å². The Bertz CT molecular complexity index is 534. The van der Waals surface area contributed by atoms with Crippen LogP contribution in [0.5, 0.6) is 0 Å². The number of carboxylic acids is 1. The van der Waals surface area contributed by atoms with Crippen molar-refractivity contribution in [2.24, 2.45) is 5.92 Å². The Balaban J connectivity index is 2.52. The number of aryl methyl sites for hydroxylation is 1. The highest BCUT2D eigenvalue weighted by Gasteiger charge is 2.23. The molecule has 0 aliphatic carbocycles. The number of nitrogens with one attached hydrogen (secondary N) is 1. The van der Waals surface area contributed by atoms with Crippen LogP contribution in [0.15, 0.2) is 24.3 Å². The van der Waals surface area contributed by atoms with Gasteiger partial charge >= 0.3 is 5.97 Å². The third-order valence-electron chi connectivity index (χ3n) is 3.51. The second-order valence-corrected chi connectivity index (χ2v) is 5.60. The minimum atomic E-state index is -1.06. The topological polar surface area (TPSA) is 83.5 Å². The van der Waals surface area contributed by atoms with Gasteiger partial charge in [-0.3, -0.25) is 9.59 Å². The van der Waals surface area contributed by atoms with E-state index in [0.717, 1.165) is 12.0 Å². The van der Waals surface area contributed by atoms with Gasteiger partial charge in [-0.1, -0.05) is 45.0 Å². The number of Topliss-reactive ketones (excluding diaryl/α,β-unsaturated/α-hetero) is 1. The summed E-state index contributed by atoms with van der Waals surface area (Å²) in [5, 5.41) is 11.5. The molecule has 2 N–H and O–H groups in total. The van der Waals surface area contributed by atoms with E-state index in [-0.39, 0.29) is 24.5 Å². The summed E-state index contributed by atoms with van der Waals surface area (Å²) in [6.07, 6.45) is 0.968. The highest BCUT2D eigenvalue weighted by molar-refractivity contribution is 5.98. The Morgan fingerprint density at radius 3 is 2.14 bits per heavy atom. The summed E-state index contributed by atoms with van der Waals surface area (Å²) in [6, 6.07) is 6.38. The van der Waals surface area contributed by atoms with Gasteiger partial charge in [0, 0.05) is 18.4 Å². The first-order valence-electron chi connectivity index (χ1n) is 7.49. The van der Waals surface area contributed by atoms with Crippen molar-refractivity contribution in [3.63, 3.8) is 0 Å². The van der Waals surface area contributed by atoms with E-state index >= 15 is 0 Å². The van der Waals surface area contributed by atoms with Gasteiger partial charge in [0.25, 0.3) is 0 Å². The van der Waals surface area contributed by atoms with Crippen molar-refractivity contribution in [2.75, 3.05) is 0 Å². The van der Waals surface area contributed by atoms with Crippen LogP contribution in [0.3, 0.4) is 0 Å². The first-order valence-corrected chi connectivity index (χ1v) is 7.49. The summed E-state index contributed by atoms with van der Waals surface area (Å²) in [4.78, 5) is 34.8. The number of carboxylic acid groups (broad SMARTS) is 1. The molecule has 0 aliphatic rings. The zero-order valence-electron chi connectivity index (χ0n) is 13.3. The number of carbonyl (C=O) groups is 3. The third kappa shape index (κ3) is 5.31. The van der Waals surface area contributed by atoms with Crippen LogP contribution in [-0.2, 0) is 16.0 Å². The van der Waals surface area contributed by atoms with Crippen LogP contribution in [-0.4, -0.2) is 28.8 Å². The van der Waals surface area contributed by atoms with E-state index in [1.165, 1.54) is 0 Å². The van der Waals surface area contributed by atoms with E-state index in [0.29, 0.717) is 5.56 Å². The summed E-state index contributed by atoms with van der Waals surface area (Å²) in [5.74, 6) is -1.81. The molecule has 1 aromatic carbocycles. The van der Waals surface area contributed by atoms with Crippen LogP contribution in [0.4, 0.5) is 0 Å². The van der Waals surface area contributed by atoms with E-state index in [9.17, 15) is 14.4 Å². The smallest absolute Gasteiger partial charge is 0.326 e. The second kappa shape index (κ2) is 8.32. The molecule has 0 saturated heterocycles. The zero-order chi connectivity index (χ0) is 16.7. The number of carbonyl (C=O) groups excluding carboxylic acids is 2. The van der Waals surface area contributed by atoms with Crippen molar-refractivity contribution >= 4 is 17.7 Å². The average Bonchev–Trinajstić information content (AvgIpc) is 2.49. The Hall–Kier alpha value is -2.17. The number of hydrogen-bond donors (Lipinski definition) is 2. The first kappa shape index (κ1) is 17.9. The van der Waals surface area contributed by atoms with E-state index in [1.807, 2.05) is 19.1 Å². The number of rotatable bonds is 8. The van der Waals surface area contributed by atoms with Crippen LogP contribution in [0.1, 0.15) is 49.5 Å². The van der Waals surface area contributed by atoms with Crippen LogP contribution in [0, 0.1) is 5.92 Å². The summed E-state index contributed by atoms with van der Waals surface area (Å²) in [7, 11) is 0. The van der Waals surface area contributed by atoms with Gasteiger partial charge < -0.3 is 10.4 Å². The summed E-state index contributed by atoms with van der Waals surface area (Å²) < 4.78 is 0. The predicted octanol–water partition coefficient (Wildman–Crippen LogP) is 2.44. The SMILES string of the molecule is CCc1ccc(C(=O)CCC(=O)N[C@H](C(=O)O)C(C)C)cc1. The van der Waals surface area contributed by atoms with Crippen molar-refractivity contribution in [2.45, 2.75) is 46.1 Å². The molecule has 0 spiro atoms. The zero-order valence-corrected chi connectivity index (χ0v) is 13.3. The van der Waals surface area contributed by atoms with Gasteiger partial charge in [0.2, 0.25) is 5.91 Å². The van der Waals surface area contributed by atoms with Gasteiger partial charge in [-0.2, -0.15) is 0 Å². The van der Waals surface area contributed by atoms with Crippen LogP contribution >= 0.6 is 0 Å². The Morgan fingerprint density at radius 2 is 1.68 bits per heavy atom. The normalized spacial score (nSPS) is 12.0. The Kier molecular flexibility index (Phi) is 6.76. The molecule has 0 saturated carbocycles. The highest BCUT2D eigenvalue weighted by atomic mass is 16.4. The number of aliphatic carboxylic acids is 1. The van der Waals surface area contributed by atoms with E-state index in [1.54, 1.807) is 26.0 Å². The molecule has 1 aromatic rings. The van der Waals surface area contributed by atoms with Crippen molar-refractivity contribution in [3.05, 3.63) is 35.4 Å². The Morgan fingerprint density at radius 1 is 1.09 bits per heavy atom. The van der Waals surface area contributed by atoms with E-state index < -0.39 is 17.9 Å². The molecule has 0 fully saturated rings. The number of amides is 1. The van der Waals surface area contributed by atoms with Crippen LogP contribution in [0.2, 0.25) is 0 Å². The number of hydrogen-bond acceptors (Lipinski definition) is 3. The molecule has 0 bridgehead atoms. The molecule has 0 unspecified atom stereocenters. The van der Waals surface area contributed by atoms with E-state index in [4.69, 9.17) is 5.11 Å². The van der Waals surface area contributed by atoms with Gasteiger partial charge in [-0.15, -0.1) is 0 Å². The standard InChI is InChI=1S/C17H23NO4/c1-4-12-5-7-13(8-6-12)14(19)9-10-15(20)18-16(11(2)3)17(21)22/h5-8,11,16H,4,9-10H2,1-3H3,(H,18,20)(H,21,22)/t16-/m0/s1. The molecule has 0 aromatic heterocycles. The van der Waals surface area contributed by atoms with Crippen molar-refractivity contribution in [1.82, 2.24) is 5.32 Å². The van der Waals surface area contributed by atoms with Crippen molar-refractivity contribution in [1.29, 1.82) is 0 Å².